The van der Waals surface area contributed by atoms with Gasteiger partial charge in [0.2, 0.25) is 11.8 Å². The number of para-hydroxylation sites is 1. The Bertz CT molecular complexity index is 1100. The van der Waals surface area contributed by atoms with E-state index in [1.165, 1.54) is 0 Å². The fourth-order valence-corrected chi connectivity index (χ4v) is 4.00. The zero-order chi connectivity index (χ0) is 21.1. The molecule has 0 radical (unpaired) electrons. The Morgan fingerprint density at radius 2 is 2.03 bits per heavy atom. The lowest BCUT2D eigenvalue weighted by Gasteiger charge is -2.24. The number of fused-ring (bicyclic) bond motifs is 1. The van der Waals surface area contributed by atoms with Crippen LogP contribution >= 0.6 is 23.2 Å². The van der Waals surface area contributed by atoms with Gasteiger partial charge >= 0.3 is 0 Å². The summed E-state index contributed by atoms with van der Waals surface area (Å²) in [5, 5.41) is 11.2. The Morgan fingerprint density at radius 3 is 2.87 bits per heavy atom. The summed E-state index contributed by atoms with van der Waals surface area (Å²) in [6, 6.07) is 14.7. The monoisotopic (exact) mass is 442 g/mol. The van der Waals surface area contributed by atoms with E-state index in [0.717, 1.165) is 16.8 Å². The molecule has 8 heteroatoms. The third-order valence-corrected chi connectivity index (χ3v) is 5.74. The Hall–Kier alpha value is -2.83. The summed E-state index contributed by atoms with van der Waals surface area (Å²) in [5.74, 6) is 0.155. The Balaban J connectivity index is 1.35. The molecule has 0 bridgehead atoms. The van der Waals surface area contributed by atoms with E-state index >= 15 is 0 Å². The van der Waals surface area contributed by atoms with Gasteiger partial charge in [-0.05, 0) is 42.2 Å². The lowest BCUT2D eigenvalue weighted by atomic mass is 9.89. The van der Waals surface area contributed by atoms with Crippen LogP contribution in [-0.2, 0) is 22.6 Å². The normalized spacial score (nSPS) is 15.4. The molecular weight excluding hydrogens is 423 g/mol. The molecule has 154 valence electrons. The summed E-state index contributed by atoms with van der Waals surface area (Å²) in [5.41, 5.74) is 2.80. The maximum atomic E-state index is 12.5. The van der Waals surface area contributed by atoms with E-state index in [4.69, 9.17) is 23.2 Å². The van der Waals surface area contributed by atoms with Crippen LogP contribution in [0.3, 0.4) is 0 Å². The molecule has 2 heterocycles. The van der Waals surface area contributed by atoms with Crippen molar-refractivity contribution in [2.24, 2.45) is 5.92 Å². The molecule has 2 amide bonds. The molecular formula is C22H20Cl2N4O2. The van der Waals surface area contributed by atoms with Crippen LogP contribution in [0.2, 0.25) is 10.0 Å². The van der Waals surface area contributed by atoms with Gasteiger partial charge in [-0.25, -0.2) is 4.68 Å². The molecule has 1 aliphatic heterocycles. The largest absolute Gasteiger partial charge is 0.326 e. The van der Waals surface area contributed by atoms with Crippen LogP contribution in [0.4, 0.5) is 11.5 Å². The van der Waals surface area contributed by atoms with Gasteiger partial charge in [0, 0.05) is 34.1 Å². The van der Waals surface area contributed by atoms with Crippen molar-refractivity contribution < 1.29 is 9.59 Å². The fourth-order valence-electron chi connectivity index (χ4n) is 3.53. The molecule has 1 aromatic heterocycles. The third-order valence-electron chi connectivity index (χ3n) is 5.15. The smallest absolute Gasteiger partial charge is 0.227 e. The Kier molecular flexibility index (Phi) is 6.06. The van der Waals surface area contributed by atoms with Crippen LogP contribution in [-0.4, -0.2) is 21.6 Å². The van der Waals surface area contributed by atoms with E-state index in [-0.39, 0.29) is 24.2 Å². The molecule has 2 N–H and O–H groups in total. The maximum absolute atomic E-state index is 12.5. The Labute approximate surface area is 184 Å². The molecule has 0 fully saturated rings. The van der Waals surface area contributed by atoms with Crippen LogP contribution < -0.4 is 10.6 Å². The first-order valence-electron chi connectivity index (χ1n) is 9.64. The van der Waals surface area contributed by atoms with Crippen molar-refractivity contribution in [3.8, 4) is 0 Å². The second kappa shape index (κ2) is 8.90. The van der Waals surface area contributed by atoms with E-state index < -0.39 is 0 Å². The van der Waals surface area contributed by atoms with Crippen molar-refractivity contribution in [2.75, 3.05) is 10.6 Å². The van der Waals surface area contributed by atoms with Crippen LogP contribution in [0, 0.1) is 5.92 Å². The van der Waals surface area contributed by atoms with Crippen molar-refractivity contribution in [3.63, 3.8) is 0 Å². The first kappa shape index (κ1) is 20.4. The van der Waals surface area contributed by atoms with Crippen molar-refractivity contribution in [2.45, 2.75) is 25.8 Å². The van der Waals surface area contributed by atoms with Gasteiger partial charge in [-0.3, -0.25) is 9.59 Å². The average Bonchev–Trinajstić information content (AvgIpc) is 3.15. The molecule has 1 unspecified atom stereocenters. The summed E-state index contributed by atoms with van der Waals surface area (Å²) >= 11 is 12.2. The molecule has 3 aromatic rings. The van der Waals surface area contributed by atoms with Crippen LogP contribution in [0.1, 0.15) is 24.0 Å². The topological polar surface area (TPSA) is 76.0 Å². The summed E-state index contributed by atoms with van der Waals surface area (Å²) in [4.78, 5) is 24.8. The molecule has 0 spiro atoms. The second-order valence-corrected chi connectivity index (χ2v) is 8.09. The lowest BCUT2D eigenvalue weighted by Crippen LogP contribution is -2.30. The number of carbonyl (C=O) groups is 2. The van der Waals surface area contributed by atoms with Crippen molar-refractivity contribution in [1.29, 1.82) is 0 Å². The number of hydrogen-bond acceptors (Lipinski definition) is 3. The molecule has 0 saturated carbocycles. The predicted octanol–water partition coefficient (Wildman–Crippen LogP) is 4.77. The van der Waals surface area contributed by atoms with Gasteiger partial charge in [0.15, 0.2) is 0 Å². The number of nitrogens with zero attached hydrogens (tertiary/aromatic N) is 2. The molecule has 0 saturated heterocycles. The number of amides is 2. The summed E-state index contributed by atoms with van der Waals surface area (Å²) in [6.45, 7) is 0.403. The van der Waals surface area contributed by atoms with Gasteiger partial charge in [0.05, 0.1) is 12.7 Å². The third kappa shape index (κ3) is 4.66. The minimum absolute atomic E-state index is 0.0380. The van der Waals surface area contributed by atoms with Crippen LogP contribution in [0.5, 0.6) is 0 Å². The van der Waals surface area contributed by atoms with Gasteiger partial charge in [0.25, 0.3) is 0 Å². The molecule has 1 aliphatic rings. The molecule has 1 atom stereocenters. The number of benzene rings is 2. The summed E-state index contributed by atoms with van der Waals surface area (Å²) < 4.78 is 1.66. The van der Waals surface area contributed by atoms with Gasteiger partial charge in [-0.1, -0.05) is 47.5 Å². The fraction of sp³-hybridized carbons (Fsp3) is 0.227. The van der Waals surface area contributed by atoms with Gasteiger partial charge in [0.1, 0.15) is 5.82 Å². The SMILES string of the molecule is O=C(CCC1Cc2ccccc2NC1=O)Nc1ccnn1Cc1ccc(Cl)cc1Cl. The summed E-state index contributed by atoms with van der Waals surface area (Å²) in [7, 11) is 0. The number of aromatic nitrogens is 2. The zero-order valence-electron chi connectivity index (χ0n) is 16.1. The van der Waals surface area contributed by atoms with E-state index in [1.54, 1.807) is 29.1 Å². The highest BCUT2D eigenvalue weighted by Crippen LogP contribution is 2.28. The molecule has 6 nitrogen and oxygen atoms in total. The van der Waals surface area contributed by atoms with Crippen LogP contribution in [0.25, 0.3) is 0 Å². The zero-order valence-corrected chi connectivity index (χ0v) is 17.6. The molecule has 4 rings (SSSR count). The van der Waals surface area contributed by atoms with Crippen molar-refractivity contribution in [1.82, 2.24) is 9.78 Å². The molecule has 0 aliphatic carbocycles. The maximum Gasteiger partial charge on any atom is 0.227 e. The first-order chi connectivity index (χ1) is 14.5. The standard InChI is InChI=1S/C22H20Cl2N4O2/c23-17-7-5-16(18(24)12-17)13-28-20(9-10-25-28)27-21(29)8-6-15-11-14-3-1-2-4-19(14)26-22(15)30/h1-5,7,9-10,12,15H,6,8,11,13H2,(H,26,30)(H,27,29). The van der Waals surface area contributed by atoms with E-state index in [0.29, 0.717) is 35.2 Å². The number of hydrogen-bond donors (Lipinski definition) is 2. The van der Waals surface area contributed by atoms with Gasteiger partial charge < -0.3 is 10.6 Å². The number of rotatable bonds is 6. The molecule has 2 aromatic carbocycles. The van der Waals surface area contributed by atoms with E-state index in [9.17, 15) is 9.59 Å². The van der Waals surface area contributed by atoms with Crippen molar-refractivity contribution in [3.05, 3.63) is 75.9 Å². The highest BCUT2D eigenvalue weighted by Gasteiger charge is 2.26. The van der Waals surface area contributed by atoms with Gasteiger partial charge in [-0.2, -0.15) is 5.10 Å². The average molecular weight is 443 g/mol. The quantitative estimate of drug-likeness (QED) is 0.577. The summed E-state index contributed by atoms with van der Waals surface area (Å²) in [6.07, 6.45) is 2.98. The van der Waals surface area contributed by atoms with E-state index in [2.05, 4.69) is 15.7 Å². The first-order valence-corrected chi connectivity index (χ1v) is 10.4. The van der Waals surface area contributed by atoms with E-state index in [1.807, 2.05) is 30.3 Å². The van der Waals surface area contributed by atoms with Crippen LogP contribution in [0.15, 0.2) is 54.7 Å². The predicted molar refractivity (Wildman–Crippen MR) is 118 cm³/mol. The second-order valence-electron chi connectivity index (χ2n) is 7.24. The van der Waals surface area contributed by atoms with Crippen molar-refractivity contribution >= 4 is 46.5 Å². The highest BCUT2D eigenvalue weighted by molar-refractivity contribution is 6.35. The number of carbonyl (C=O) groups excluding carboxylic acids is 2. The molecule has 30 heavy (non-hydrogen) atoms. The number of halogens is 2. The highest BCUT2D eigenvalue weighted by atomic mass is 35.5. The minimum atomic E-state index is -0.219. The minimum Gasteiger partial charge on any atom is -0.326 e. The van der Waals surface area contributed by atoms with Gasteiger partial charge in [-0.15, -0.1) is 0 Å². The lowest BCUT2D eigenvalue weighted by molar-refractivity contribution is -0.121. The number of nitrogens with one attached hydrogen (secondary N) is 2. The number of anilines is 2. The Morgan fingerprint density at radius 1 is 1.20 bits per heavy atom.